The maximum absolute atomic E-state index is 13.6. The summed E-state index contributed by atoms with van der Waals surface area (Å²) in [4.78, 5) is 4.58. The van der Waals surface area contributed by atoms with Crippen molar-refractivity contribution in [3.63, 3.8) is 0 Å². The molecular formula is C21H24F2N2O2S. The summed E-state index contributed by atoms with van der Waals surface area (Å²) in [6, 6.07) is 8.20. The molecule has 2 atom stereocenters. The van der Waals surface area contributed by atoms with Gasteiger partial charge in [-0.05, 0) is 67.9 Å². The van der Waals surface area contributed by atoms with Gasteiger partial charge in [0.1, 0.15) is 0 Å². The predicted molar refractivity (Wildman–Crippen MR) is 105 cm³/mol. The van der Waals surface area contributed by atoms with Gasteiger partial charge < -0.3 is 9.80 Å². The Kier molecular flexibility index (Phi) is 4.91. The zero-order chi connectivity index (χ0) is 20.1. The molecule has 0 aromatic heterocycles. The Morgan fingerprint density at radius 3 is 2.39 bits per heavy atom. The molecule has 0 N–H and O–H groups in total. The van der Waals surface area contributed by atoms with Gasteiger partial charge in [0, 0.05) is 31.2 Å². The van der Waals surface area contributed by atoms with Crippen molar-refractivity contribution in [2.75, 3.05) is 31.6 Å². The van der Waals surface area contributed by atoms with E-state index in [1.54, 1.807) is 12.1 Å². The number of nitrogens with zero attached hydrogens (tertiary/aromatic N) is 2. The highest BCUT2D eigenvalue weighted by atomic mass is 32.2. The van der Waals surface area contributed by atoms with Crippen LogP contribution in [0.1, 0.15) is 31.2 Å². The third kappa shape index (κ3) is 3.10. The number of rotatable bonds is 3. The Labute approximate surface area is 164 Å². The van der Waals surface area contributed by atoms with E-state index in [-0.39, 0.29) is 15.7 Å². The second-order valence-corrected chi connectivity index (χ2v) is 9.55. The summed E-state index contributed by atoms with van der Waals surface area (Å²) in [6.45, 7) is 5.20. The lowest BCUT2D eigenvalue weighted by Crippen LogP contribution is -2.31. The topological polar surface area (TPSA) is 40.6 Å². The van der Waals surface area contributed by atoms with Crippen LogP contribution in [0.15, 0.2) is 46.2 Å². The van der Waals surface area contributed by atoms with Gasteiger partial charge in [0.05, 0.1) is 9.79 Å². The van der Waals surface area contributed by atoms with Crippen molar-refractivity contribution in [1.82, 2.24) is 4.90 Å². The molecule has 2 aliphatic rings. The van der Waals surface area contributed by atoms with Crippen LogP contribution in [0.4, 0.5) is 14.5 Å². The van der Waals surface area contributed by atoms with Gasteiger partial charge in [-0.15, -0.1) is 0 Å². The molecule has 0 unspecified atom stereocenters. The highest BCUT2D eigenvalue weighted by Crippen LogP contribution is 2.45. The molecule has 4 nitrogen and oxygen atoms in total. The molecule has 0 spiro atoms. The first-order chi connectivity index (χ1) is 13.3. The monoisotopic (exact) mass is 406 g/mol. The summed E-state index contributed by atoms with van der Waals surface area (Å²) < 4.78 is 52.8. The second kappa shape index (κ2) is 7.12. The number of hydrogen-bond donors (Lipinski definition) is 0. The molecule has 2 heterocycles. The van der Waals surface area contributed by atoms with E-state index in [4.69, 9.17) is 0 Å². The summed E-state index contributed by atoms with van der Waals surface area (Å²) in [7, 11) is -1.85. The summed E-state index contributed by atoms with van der Waals surface area (Å²) in [5, 5.41) is 0. The van der Waals surface area contributed by atoms with Crippen molar-refractivity contribution in [2.24, 2.45) is 0 Å². The zero-order valence-corrected chi connectivity index (χ0v) is 16.8. The van der Waals surface area contributed by atoms with Crippen molar-refractivity contribution in [2.45, 2.75) is 41.5 Å². The molecule has 0 aliphatic carbocycles. The van der Waals surface area contributed by atoms with Crippen LogP contribution in [-0.2, 0) is 9.84 Å². The van der Waals surface area contributed by atoms with E-state index in [9.17, 15) is 17.2 Å². The standard InChI is InChI=1S/C21H24F2N2O2S/c1-3-25-10-8-16-17-12-14(5-7-20(17)24(2)21(16)9-11-25)28(26,27)15-4-6-18(22)19(23)13-15/h4-7,12-13,16,21H,3,8-11H2,1-2H3/t16-,21-/m0/s1. The molecule has 1 fully saturated rings. The van der Waals surface area contributed by atoms with E-state index in [2.05, 4.69) is 23.8 Å². The van der Waals surface area contributed by atoms with Gasteiger partial charge >= 0.3 is 0 Å². The number of hydrogen-bond acceptors (Lipinski definition) is 4. The van der Waals surface area contributed by atoms with Crippen LogP contribution < -0.4 is 4.90 Å². The number of likely N-dealkylation sites (tertiary alicyclic amines) is 1. The fourth-order valence-corrected chi connectivity index (χ4v) is 5.87. The third-order valence-corrected chi connectivity index (χ3v) is 7.95. The van der Waals surface area contributed by atoms with Gasteiger partial charge in [0.2, 0.25) is 9.84 Å². The van der Waals surface area contributed by atoms with Gasteiger partial charge in [-0.1, -0.05) is 6.92 Å². The number of sulfone groups is 1. The van der Waals surface area contributed by atoms with Crippen molar-refractivity contribution in [3.8, 4) is 0 Å². The molecule has 1 saturated heterocycles. The average Bonchev–Trinajstić information content (AvgIpc) is 2.83. The van der Waals surface area contributed by atoms with Crippen LogP contribution in [0.5, 0.6) is 0 Å². The largest absolute Gasteiger partial charge is 0.371 e. The van der Waals surface area contributed by atoms with Gasteiger partial charge in [0.15, 0.2) is 11.6 Å². The quantitative estimate of drug-likeness (QED) is 0.727. The number of anilines is 1. The Bertz CT molecular complexity index is 1010. The van der Waals surface area contributed by atoms with Crippen molar-refractivity contribution < 1.29 is 17.2 Å². The van der Waals surface area contributed by atoms with Crippen LogP contribution in [0, 0.1) is 11.6 Å². The SMILES string of the molecule is CCN1CC[C@H]2c3cc(S(=O)(=O)c4ccc(F)c(F)c4)ccc3N(C)[C@H]2CC1. The van der Waals surface area contributed by atoms with E-state index >= 15 is 0 Å². The summed E-state index contributed by atoms with van der Waals surface area (Å²) in [5.74, 6) is -1.95. The van der Waals surface area contributed by atoms with E-state index in [1.165, 1.54) is 0 Å². The molecule has 7 heteroatoms. The smallest absolute Gasteiger partial charge is 0.206 e. The Morgan fingerprint density at radius 2 is 1.68 bits per heavy atom. The number of fused-ring (bicyclic) bond motifs is 3. The summed E-state index contributed by atoms with van der Waals surface area (Å²) in [6.07, 6.45) is 2.01. The average molecular weight is 406 g/mol. The molecular weight excluding hydrogens is 382 g/mol. The van der Waals surface area contributed by atoms with E-state index in [0.29, 0.717) is 6.04 Å². The molecule has 0 bridgehead atoms. The highest BCUT2D eigenvalue weighted by molar-refractivity contribution is 7.91. The fourth-order valence-electron chi connectivity index (χ4n) is 4.56. The van der Waals surface area contributed by atoms with Crippen LogP contribution in [-0.4, -0.2) is 46.0 Å². The number of likely N-dealkylation sites (N-methyl/N-ethyl adjacent to an activating group) is 1. The fraction of sp³-hybridized carbons (Fsp3) is 0.429. The summed E-state index contributed by atoms with van der Waals surface area (Å²) in [5.41, 5.74) is 2.10. The molecule has 0 radical (unpaired) electrons. The minimum absolute atomic E-state index is 0.128. The zero-order valence-electron chi connectivity index (χ0n) is 16.0. The van der Waals surface area contributed by atoms with Crippen LogP contribution in [0.2, 0.25) is 0 Å². The predicted octanol–water partition coefficient (Wildman–Crippen LogP) is 3.82. The molecule has 150 valence electrons. The first-order valence-electron chi connectivity index (χ1n) is 9.62. The molecule has 4 rings (SSSR count). The van der Waals surface area contributed by atoms with Crippen molar-refractivity contribution in [1.29, 1.82) is 0 Å². The Morgan fingerprint density at radius 1 is 1.00 bits per heavy atom. The highest BCUT2D eigenvalue weighted by Gasteiger charge is 2.38. The van der Waals surface area contributed by atoms with Crippen molar-refractivity contribution in [3.05, 3.63) is 53.6 Å². The normalized spacial score (nSPS) is 22.6. The van der Waals surface area contributed by atoms with Crippen molar-refractivity contribution >= 4 is 15.5 Å². The third-order valence-electron chi connectivity index (χ3n) is 6.20. The summed E-state index contributed by atoms with van der Waals surface area (Å²) >= 11 is 0. The van der Waals surface area contributed by atoms with Crippen LogP contribution in [0.3, 0.4) is 0 Å². The molecule has 2 aromatic rings. The maximum Gasteiger partial charge on any atom is 0.206 e. The second-order valence-electron chi connectivity index (χ2n) is 7.60. The van der Waals surface area contributed by atoms with Gasteiger partial charge in [-0.2, -0.15) is 0 Å². The Balaban J connectivity index is 1.73. The number of halogens is 2. The minimum atomic E-state index is -3.92. The van der Waals surface area contributed by atoms with E-state index < -0.39 is 21.5 Å². The number of benzene rings is 2. The van der Waals surface area contributed by atoms with Crippen LogP contribution >= 0.6 is 0 Å². The molecule has 2 aromatic carbocycles. The lowest BCUT2D eigenvalue weighted by atomic mass is 9.91. The van der Waals surface area contributed by atoms with Gasteiger partial charge in [-0.25, -0.2) is 17.2 Å². The van der Waals surface area contributed by atoms with E-state index in [1.807, 2.05) is 6.07 Å². The van der Waals surface area contributed by atoms with Gasteiger partial charge in [-0.3, -0.25) is 0 Å². The lowest BCUT2D eigenvalue weighted by Gasteiger charge is -2.25. The molecule has 0 amide bonds. The Hall–Kier alpha value is -1.99. The van der Waals surface area contributed by atoms with Crippen LogP contribution in [0.25, 0.3) is 0 Å². The van der Waals surface area contributed by atoms with E-state index in [0.717, 1.165) is 61.9 Å². The first kappa shape index (κ1) is 19.3. The van der Waals surface area contributed by atoms with Gasteiger partial charge in [0.25, 0.3) is 0 Å². The minimum Gasteiger partial charge on any atom is -0.371 e. The molecule has 0 saturated carbocycles. The first-order valence-corrected chi connectivity index (χ1v) is 11.1. The molecule has 28 heavy (non-hydrogen) atoms. The maximum atomic E-state index is 13.6. The lowest BCUT2D eigenvalue weighted by molar-refractivity contribution is 0.298. The molecule has 2 aliphatic heterocycles.